The normalized spacial score (nSPS) is 20.5. The van der Waals surface area contributed by atoms with Gasteiger partial charge in [-0.1, -0.05) is 31.9 Å². The van der Waals surface area contributed by atoms with Crippen LogP contribution in [0.1, 0.15) is 44.2 Å². The van der Waals surface area contributed by atoms with Crippen molar-refractivity contribution in [2.24, 2.45) is 11.3 Å². The number of hydrazine groups is 1. The molecule has 1 unspecified atom stereocenters. The molecule has 1 fully saturated rings. The topological polar surface area (TPSA) is 38.0 Å². The van der Waals surface area contributed by atoms with Crippen LogP contribution in [-0.4, -0.2) is 0 Å². The molecule has 2 rings (SSSR count). The van der Waals surface area contributed by atoms with Gasteiger partial charge >= 0.3 is 0 Å². The van der Waals surface area contributed by atoms with E-state index in [0.717, 1.165) is 31.7 Å². The Morgan fingerprint density at radius 1 is 1.29 bits per heavy atom. The summed E-state index contributed by atoms with van der Waals surface area (Å²) in [4.78, 5) is 0. The second-order valence-corrected chi connectivity index (χ2v) is 5.10. The highest BCUT2D eigenvalue weighted by Gasteiger charge is 2.38. The molecule has 2 nitrogen and oxygen atoms in total. The Morgan fingerprint density at radius 3 is 2.53 bits per heavy atom. The quantitative estimate of drug-likeness (QED) is 0.629. The molecule has 0 heterocycles. The molecule has 3 N–H and O–H groups in total. The molecule has 0 bridgehead atoms. The molecule has 1 aromatic carbocycles. The van der Waals surface area contributed by atoms with E-state index in [1.165, 1.54) is 6.07 Å². The molecule has 1 atom stereocenters. The third kappa shape index (κ3) is 2.19. The van der Waals surface area contributed by atoms with E-state index in [1.807, 2.05) is 0 Å². The summed E-state index contributed by atoms with van der Waals surface area (Å²) in [5, 5.41) is 0. The van der Waals surface area contributed by atoms with Crippen molar-refractivity contribution in [1.29, 1.82) is 0 Å². The highest BCUT2D eigenvalue weighted by Crippen LogP contribution is 2.47. The van der Waals surface area contributed by atoms with E-state index in [0.29, 0.717) is 5.56 Å². The van der Waals surface area contributed by atoms with Crippen molar-refractivity contribution >= 4 is 0 Å². The second kappa shape index (κ2) is 4.70. The number of rotatable bonds is 3. The number of benzene rings is 1. The maximum atomic E-state index is 13.8. The highest BCUT2D eigenvalue weighted by atomic mass is 19.2. The van der Waals surface area contributed by atoms with Gasteiger partial charge in [0.2, 0.25) is 0 Å². The predicted molar refractivity (Wildman–Crippen MR) is 63.0 cm³/mol. The average molecular weight is 240 g/mol. The summed E-state index contributed by atoms with van der Waals surface area (Å²) < 4.78 is 27.0. The maximum Gasteiger partial charge on any atom is 0.163 e. The van der Waals surface area contributed by atoms with E-state index in [4.69, 9.17) is 5.84 Å². The Labute approximate surface area is 100 Å². The van der Waals surface area contributed by atoms with Gasteiger partial charge < -0.3 is 0 Å². The molecule has 94 valence electrons. The highest BCUT2D eigenvalue weighted by molar-refractivity contribution is 5.24. The molecule has 1 saturated carbocycles. The lowest BCUT2D eigenvalue weighted by Crippen LogP contribution is -2.39. The molecular formula is C13H18F2N2. The van der Waals surface area contributed by atoms with Crippen molar-refractivity contribution in [3.63, 3.8) is 0 Å². The largest absolute Gasteiger partial charge is 0.271 e. The Bertz CT molecular complexity index is 400. The van der Waals surface area contributed by atoms with Gasteiger partial charge in [0.05, 0.1) is 6.04 Å². The summed E-state index contributed by atoms with van der Waals surface area (Å²) in [7, 11) is 0. The van der Waals surface area contributed by atoms with Crippen LogP contribution < -0.4 is 11.3 Å². The first-order chi connectivity index (χ1) is 8.08. The minimum Gasteiger partial charge on any atom is -0.271 e. The van der Waals surface area contributed by atoms with Crippen LogP contribution in [-0.2, 0) is 0 Å². The molecule has 0 aliphatic heterocycles. The summed E-state index contributed by atoms with van der Waals surface area (Å²) in [5.74, 6) is 3.95. The van der Waals surface area contributed by atoms with Crippen molar-refractivity contribution in [2.45, 2.75) is 38.6 Å². The van der Waals surface area contributed by atoms with Crippen LogP contribution in [0.4, 0.5) is 8.78 Å². The first-order valence-electron chi connectivity index (χ1n) is 5.98. The molecule has 1 aliphatic rings. The Kier molecular flexibility index (Phi) is 3.45. The molecule has 4 heteroatoms. The van der Waals surface area contributed by atoms with Gasteiger partial charge in [0.25, 0.3) is 0 Å². The van der Waals surface area contributed by atoms with Gasteiger partial charge in [-0.2, -0.15) is 0 Å². The van der Waals surface area contributed by atoms with Crippen molar-refractivity contribution < 1.29 is 8.78 Å². The van der Waals surface area contributed by atoms with Crippen molar-refractivity contribution in [1.82, 2.24) is 5.43 Å². The minimum absolute atomic E-state index is 0.0939. The van der Waals surface area contributed by atoms with Crippen molar-refractivity contribution in [3.05, 3.63) is 35.4 Å². The van der Waals surface area contributed by atoms with Gasteiger partial charge in [-0.25, -0.2) is 8.78 Å². The van der Waals surface area contributed by atoms with Crippen molar-refractivity contribution in [2.75, 3.05) is 0 Å². The van der Waals surface area contributed by atoms with E-state index in [1.54, 1.807) is 6.07 Å². The Hall–Kier alpha value is -1.00. The van der Waals surface area contributed by atoms with Crippen LogP contribution in [0.2, 0.25) is 0 Å². The molecule has 17 heavy (non-hydrogen) atoms. The van der Waals surface area contributed by atoms with E-state index in [2.05, 4.69) is 12.3 Å². The van der Waals surface area contributed by atoms with Crippen LogP contribution in [0.25, 0.3) is 0 Å². The van der Waals surface area contributed by atoms with Crippen LogP contribution in [0, 0.1) is 17.0 Å². The monoisotopic (exact) mass is 240 g/mol. The summed E-state index contributed by atoms with van der Waals surface area (Å²) in [6, 6.07) is 3.92. The Balaban J connectivity index is 2.38. The fraction of sp³-hybridized carbons (Fsp3) is 0.538. The van der Waals surface area contributed by atoms with Gasteiger partial charge in [-0.15, -0.1) is 0 Å². The molecule has 1 aliphatic carbocycles. The zero-order valence-electron chi connectivity index (χ0n) is 9.97. The summed E-state index contributed by atoms with van der Waals surface area (Å²) >= 11 is 0. The summed E-state index contributed by atoms with van der Waals surface area (Å²) in [6.45, 7) is 2.08. The molecule has 0 aromatic heterocycles. The lowest BCUT2D eigenvalue weighted by molar-refractivity contribution is 0.219. The minimum atomic E-state index is -0.815. The lowest BCUT2D eigenvalue weighted by atomic mass is 9.77. The van der Waals surface area contributed by atoms with Gasteiger partial charge in [-0.3, -0.25) is 11.3 Å². The molecule has 0 amide bonds. The number of nitrogens with one attached hydrogen (secondary N) is 1. The first kappa shape index (κ1) is 12.5. The fourth-order valence-electron chi connectivity index (χ4n) is 2.88. The molecule has 1 aromatic rings. The lowest BCUT2D eigenvalue weighted by Gasteiger charge is -2.34. The van der Waals surface area contributed by atoms with Crippen LogP contribution in [0.3, 0.4) is 0 Å². The number of hydrogen-bond donors (Lipinski definition) is 2. The fourth-order valence-corrected chi connectivity index (χ4v) is 2.88. The van der Waals surface area contributed by atoms with E-state index < -0.39 is 11.6 Å². The zero-order chi connectivity index (χ0) is 12.5. The predicted octanol–water partition coefficient (Wildman–Crippen LogP) is 3.05. The number of halogens is 2. The molecule has 0 radical (unpaired) electrons. The van der Waals surface area contributed by atoms with E-state index in [9.17, 15) is 8.78 Å². The molecule has 0 saturated heterocycles. The third-order valence-corrected chi connectivity index (χ3v) is 3.90. The zero-order valence-corrected chi connectivity index (χ0v) is 9.97. The van der Waals surface area contributed by atoms with Gasteiger partial charge in [0, 0.05) is 5.56 Å². The number of nitrogens with two attached hydrogens (primary N) is 1. The second-order valence-electron chi connectivity index (χ2n) is 5.10. The number of hydrogen-bond acceptors (Lipinski definition) is 2. The maximum absolute atomic E-state index is 13.8. The first-order valence-corrected chi connectivity index (χ1v) is 5.98. The average Bonchev–Trinajstić information content (AvgIpc) is 2.73. The van der Waals surface area contributed by atoms with Crippen LogP contribution in [0.15, 0.2) is 18.2 Å². The summed E-state index contributed by atoms with van der Waals surface area (Å²) in [5.41, 5.74) is 2.90. The van der Waals surface area contributed by atoms with Gasteiger partial charge in [0.15, 0.2) is 11.6 Å². The molecule has 0 spiro atoms. The summed E-state index contributed by atoms with van der Waals surface area (Å²) in [6.07, 6.45) is 4.20. The third-order valence-electron chi connectivity index (χ3n) is 3.90. The van der Waals surface area contributed by atoms with Crippen LogP contribution in [0.5, 0.6) is 0 Å². The van der Waals surface area contributed by atoms with E-state index >= 15 is 0 Å². The smallest absolute Gasteiger partial charge is 0.163 e. The standard InChI is InChI=1S/C13H18F2N2/c1-13(7-2-3-8-13)12(17-16)9-5-4-6-10(14)11(9)15/h4-6,12,17H,2-3,7-8,16H2,1H3. The Morgan fingerprint density at radius 2 is 1.94 bits per heavy atom. The molecular weight excluding hydrogens is 222 g/mol. The van der Waals surface area contributed by atoms with E-state index in [-0.39, 0.29) is 11.5 Å². The van der Waals surface area contributed by atoms with Gasteiger partial charge in [0.1, 0.15) is 0 Å². The van der Waals surface area contributed by atoms with Crippen molar-refractivity contribution in [3.8, 4) is 0 Å². The van der Waals surface area contributed by atoms with Gasteiger partial charge in [-0.05, 0) is 24.3 Å². The van der Waals surface area contributed by atoms with Crippen LogP contribution >= 0.6 is 0 Å². The SMILES string of the molecule is CC1(C(NN)c2cccc(F)c2F)CCCC1.